The van der Waals surface area contributed by atoms with Gasteiger partial charge in [0.05, 0.1) is 11.9 Å². The minimum absolute atomic E-state index is 0.0704. The standard InChI is InChI=1S/C19H20N4O6S/c20-16(12-9-15(25)22-18(27)21-12)13(24)2-1-7-29-11-5-3-10(4-6-11)8-14-17(26)23-19(28)30-14/h3-6,9,14,16H,1-2,7-8,20H2,(H,23,26,28)(H2,21,22,25,27). The molecular weight excluding hydrogens is 412 g/mol. The summed E-state index contributed by atoms with van der Waals surface area (Å²) in [6, 6.07) is 7.14. The van der Waals surface area contributed by atoms with Gasteiger partial charge in [-0.2, -0.15) is 0 Å². The van der Waals surface area contributed by atoms with Crippen molar-refractivity contribution in [3.63, 3.8) is 0 Å². The third kappa shape index (κ3) is 5.67. The molecule has 2 atom stereocenters. The number of carbonyl (C=O) groups is 3. The number of aromatic amines is 2. The molecule has 158 valence electrons. The Bertz CT molecular complexity index is 1030. The Hall–Kier alpha value is -3.18. The second-order valence-electron chi connectivity index (χ2n) is 6.67. The van der Waals surface area contributed by atoms with Crippen molar-refractivity contribution in [2.45, 2.75) is 30.6 Å². The maximum absolute atomic E-state index is 12.2. The highest BCUT2D eigenvalue weighted by Crippen LogP contribution is 2.24. The molecule has 30 heavy (non-hydrogen) atoms. The maximum Gasteiger partial charge on any atom is 0.325 e. The quantitative estimate of drug-likeness (QED) is 0.413. The van der Waals surface area contributed by atoms with E-state index >= 15 is 0 Å². The average Bonchev–Trinajstić information content (AvgIpc) is 3.01. The highest BCUT2D eigenvalue weighted by atomic mass is 32.2. The van der Waals surface area contributed by atoms with E-state index in [4.69, 9.17) is 10.5 Å². The van der Waals surface area contributed by atoms with Crippen molar-refractivity contribution in [2.24, 2.45) is 5.73 Å². The zero-order valence-corrected chi connectivity index (χ0v) is 16.6. The van der Waals surface area contributed by atoms with E-state index < -0.39 is 22.5 Å². The number of nitrogens with two attached hydrogens (primary N) is 1. The number of H-pyrrole nitrogens is 2. The number of Topliss-reactive ketones (excluding diaryl/α,β-unsaturated/α-hetero) is 1. The molecule has 1 aliphatic heterocycles. The Morgan fingerprint density at radius 3 is 2.50 bits per heavy atom. The Balaban J connectivity index is 1.43. The topological polar surface area (TPSA) is 164 Å². The molecule has 1 aromatic carbocycles. The van der Waals surface area contributed by atoms with Crippen molar-refractivity contribution in [3.05, 3.63) is 62.4 Å². The Morgan fingerprint density at radius 1 is 1.13 bits per heavy atom. The minimum Gasteiger partial charge on any atom is -0.494 e. The third-order valence-corrected chi connectivity index (χ3v) is 5.39. The number of benzene rings is 1. The van der Waals surface area contributed by atoms with Gasteiger partial charge in [0.15, 0.2) is 5.78 Å². The van der Waals surface area contributed by atoms with Crippen molar-refractivity contribution in [3.8, 4) is 5.75 Å². The predicted octanol–water partition coefficient (Wildman–Crippen LogP) is 0.385. The van der Waals surface area contributed by atoms with Crippen molar-refractivity contribution < 1.29 is 19.1 Å². The summed E-state index contributed by atoms with van der Waals surface area (Å²) in [5.41, 5.74) is 5.44. The number of rotatable bonds is 9. The second kappa shape index (κ2) is 9.55. The van der Waals surface area contributed by atoms with Gasteiger partial charge in [-0.15, -0.1) is 0 Å². The van der Waals surface area contributed by atoms with Crippen molar-refractivity contribution in [2.75, 3.05) is 6.61 Å². The van der Waals surface area contributed by atoms with Gasteiger partial charge in [-0.25, -0.2) is 4.79 Å². The van der Waals surface area contributed by atoms with Crippen LogP contribution in [0, 0.1) is 0 Å². The van der Waals surface area contributed by atoms with Crippen LogP contribution in [0.15, 0.2) is 39.9 Å². The molecular formula is C19H20N4O6S. The van der Waals surface area contributed by atoms with E-state index in [1.807, 2.05) is 17.1 Å². The summed E-state index contributed by atoms with van der Waals surface area (Å²) in [6.07, 6.45) is 0.970. The molecule has 5 N–H and O–H groups in total. The van der Waals surface area contributed by atoms with Gasteiger partial charge in [-0.05, 0) is 30.5 Å². The molecule has 10 nitrogen and oxygen atoms in total. The van der Waals surface area contributed by atoms with Crippen LogP contribution in [-0.4, -0.2) is 38.8 Å². The van der Waals surface area contributed by atoms with E-state index in [-0.39, 0.29) is 35.7 Å². The molecule has 1 aromatic heterocycles. The first-order valence-corrected chi connectivity index (χ1v) is 10.0. The van der Waals surface area contributed by atoms with Crippen LogP contribution < -0.4 is 27.0 Å². The fourth-order valence-electron chi connectivity index (χ4n) is 2.88. The SMILES string of the molecule is NC(C(=O)CCCOc1ccc(CC2SC(=O)NC2=O)cc1)c1cc(=O)[nH]c(=O)[nH]1. The lowest BCUT2D eigenvalue weighted by atomic mass is 10.1. The number of ether oxygens (including phenoxy) is 1. The molecule has 2 unspecified atom stereocenters. The molecule has 3 rings (SSSR count). The van der Waals surface area contributed by atoms with E-state index in [0.717, 1.165) is 23.4 Å². The summed E-state index contributed by atoms with van der Waals surface area (Å²) in [4.78, 5) is 61.9. The molecule has 1 saturated heterocycles. The van der Waals surface area contributed by atoms with Crippen molar-refractivity contribution in [1.82, 2.24) is 15.3 Å². The van der Waals surface area contributed by atoms with E-state index in [9.17, 15) is 24.0 Å². The number of amides is 2. The molecule has 2 amide bonds. The number of nitrogens with one attached hydrogen (secondary N) is 3. The fourth-order valence-corrected chi connectivity index (χ4v) is 3.74. The smallest absolute Gasteiger partial charge is 0.325 e. The number of hydrogen-bond acceptors (Lipinski definition) is 8. The van der Waals surface area contributed by atoms with E-state index in [0.29, 0.717) is 18.6 Å². The zero-order chi connectivity index (χ0) is 21.7. The highest BCUT2D eigenvalue weighted by Gasteiger charge is 2.31. The number of carbonyl (C=O) groups excluding carboxylic acids is 3. The lowest BCUT2D eigenvalue weighted by molar-refractivity contribution is -0.121. The minimum atomic E-state index is -1.09. The summed E-state index contributed by atoms with van der Waals surface area (Å²) < 4.78 is 5.60. The van der Waals surface area contributed by atoms with Crippen LogP contribution in [0.2, 0.25) is 0 Å². The molecule has 0 spiro atoms. The fraction of sp³-hybridized carbons (Fsp3) is 0.316. The summed E-state index contributed by atoms with van der Waals surface area (Å²) >= 11 is 0.983. The summed E-state index contributed by atoms with van der Waals surface area (Å²) in [6.45, 7) is 0.277. The first kappa shape index (κ1) is 21.5. The van der Waals surface area contributed by atoms with Crippen LogP contribution >= 0.6 is 11.8 Å². The molecule has 11 heteroatoms. The largest absolute Gasteiger partial charge is 0.494 e. The second-order valence-corrected chi connectivity index (χ2v) is 7.85. The summed E-state index contributed by atoms with van der Waals surface area (Å²) in [7, 11) is 0. The first-order valence-electron chi connectivity index (χ1n) is 9.17. The number of thioether (sulfide) groups is 1. The van der Waals surface area contributed by atoms with Gasteiger partial charge in [-0.1, -0.05) is 23.9 Å². The number of imide groups is 1. The van der Waals surface area contributed by atoms with Gasteiger partial charge in [0, 0.05) is 18.2 Å². The zero-order valence-electron chi connectivity index (χ0n) is 15.8. The molecule has 0 radical (unpaired) electrons. The molecule has 2 aromatic rings. The highest BCUT2D eigenvalue weighted by molar-refractivity contribution is 8.15. The number of ketones is 1. The van der Waals surface area contributed by atoms with Gasteiger partial charge in [0.2, 0.25) is 5.91 Å². The molecule has 0 saturated carbocycles. The predicted molar refractivity (Wildman–Crippen MR) is 109 cm³/mol. The lowest BCUT2D eigenvalue weighted by Crippen LogP contribution is -2.30. The van der Waals surface area contributed by atoms with Crippen LogP contribution in [0.1, 0.15) is 30.1 Å². The monoisotopic (exact) mass is 432 g/mol. The summed E-state index contributed by atoms with van der Waals surface area (Å²) in [5, 5.41) is 1.50. The Morgan fingerprint density at radius 2 is 1.87 bits per heavy atom. The summed E-state index contributed by atoms with van der Waals surface area (Å²) in [5.74, 6) is 0.00324. The van der Waals surface area contributed by atoms with E-state index in [1.165, 1.54) is 0 Å². The molecule has 1 fully saturated rings. The Kier molecular flexibility index (Phi) is 6.85. The van der Waals surface area contributed by atoms with Crippen LogP contribution in [0.3, 0.4) is 0 Å². The normalized spacial score (nSPS) is 16.9. The van der Waals surface area contributed by atoms with E-state index in [2.05, 4.69) is 10.3 Å². The Labute approximate surface area is 174 Å². The van der Waals surface area contributed by atoms with Crippen molar-refractivity contribution in [1.29, 1.82) is 0 Å². The number of hydrogen-bond donors (Lipinski definition) is 4. The van der Waals surface area contributed by atoms with Crippen LogP contribution in [-0.2, 0) is 16.0 Å². The molecule has 1 aliphatic rings. The van der Waals surface area contributed by atoms with E-state index in [1.54, 1.807) is 12.1 Å². The molecule has 2 heterocycles. The van der Waals surface area contributed by atoms with Gasteiger partial charge >= 0.3 is 5.69 Å². The average molecular weight is 432 g/mol. The maximum atomic E-state index is 12.2. The van der Waals surface area contributed by atoms with Gasteiger partial charge < -0.3 is 15.5 Å². The molecule has 0 bridgehead atoms. The third-order valence-electron chi connectivity index (χ3n) is 4.41. The molecule has 0 aliphatic carbocycles. The van der Waals surface area contributed by atoms with Gasteiger partial charge in [0.25, 0.3) is 10.8 Å². The van der Waals surface area contributed by atoms with Gasteiger partial charge in [0.1, 0.15) is 11.8 Å². The van der Waals surface area contributed by atoms with Crippen LogP contribution in [0.4, 0.5) is 4.79 Å². The van der Waals surface area contributed by atoms with Gasteiger partial charge in [-0.3, -0.25) is 29.5 Å². The first-order chi connectivity index (χ1) is 14.3. The van der Waals surface area contributed by atoms with Crippen molar-refractivity contribution >= 4 is 28.7 Å². The lowest BCUT2D eigenvalue weighted by Gasteiger charge is -2.11. The van der Waals surface area contributed by atoms with Crippen LogP contribution in [0.5, 0.6) is 5.75 Å². The van der Waals surface area contributed by atoms with Crippen LogP contribution in [0.25, 0.3) is 0 Å². The number of aromatic nitrogens is 2.